The summed E-state index contributed by atoms with van der Waals surface area (Å²) >= 11 is 0. The number of carbonyl (C=O) groups excluding carboxylic acids is 1. The van der Waals surface area contributed by atoms with Crippen LogP contribution < -0.4 is 10.9 Å². The average Bonchev–Trinajstić information content (AvgIpc) is 3.51. The third kappa shape index (κ3) is 3.68. The van der Waals surface area contributed by atoms with E-state index in [4.69, 9.17) is 0 Å². The molecule has 0 bridgehead atoms. The van der Waals surface area contributed by atoms with Gasteiger partial charge in [-0.2, -0.15) is 10.2 Å². The van der Waals surface area contributed by atoms with Crippen LogP contribution in [-0.2, 0) is 11.3 Å². The van der Waals surface area contributed by atoms with E-state index in [0.29, 0.717) is 11.2 Å². The van der Waals surface area contributed by atoms with Gasteiger partial charge in [-0.25, -0.2) is 13.8 Å². The monoisotopic (exact) mass is 431 g/mol. The van der Waals surface area contributed by atoms with Gasteiger partial charge in [-0.05, 0) is 74.2 Å². The number of halogens is 1. The van der Waals surface area contributed by atoms with E-state index in [1.165, 1.54) is 28.9 Å². The summed E-state index contributed by atoms with van der Waals surface area (Å²) in [6, 6.07) is 11.4. The van der Waals surface area contributed by atoms with Gasteiger partial charge in [0.25, 0.3) is 5.56 Å². The van der Waals surface area contributed by atoms with Crippen LogP contribution in [0.1, 0.15) is 35.6 Å². The molecule has 5 rings (SSSR count). The molecule has 2 aromatic carbocycles. The smallest absolute Gasteiger partial charge is 0.293 e. The molecule has 32 heavy (non-hydrogen) atoms. The molecule has 0 spiro atoms. The lowest BCUT2D eigenvalue weighted by Gasteiger charge is -2.11. The van der Waals surface area contributed by atoms with Crippen LogP contribution in [0.3, 0.4) is 0 Å². The van der Waals surface area contributed by atoms with Crippen LogP contribution in [0.4, 0.5) is 10.1 Å². The maximum Gasteiger partial charge on any atom is 0.293 e. The number of benzene rings is 2. The van der Waals surface area contributed by atoms with E-state index in [-0.39, 0.29) is 23.8 Å². The molecule has 1 aliphatic carbocycles. The Morgan fingerprint density at radius 2 is 1.88 bits per heavy atom. The van der Waals surface area contributed by atoms with Crippen LogP contribution in [0.25, 0.3) is 16.6 Å². The lowest BCUT2D eigenvalue weighted by Crippen LogP contribution is -2.31. The highest BCUT2D eigenvalue weighted by Gasteiger charge is 2.30. The highest BCUT2D eigenvalue weighted by atomic mass is 19.1. The molecule has 2 heterocycles. The van der Waals surface area contributed by atoms with Gasteiger partial charge in [0, 0.05) is 17.0 Å². The van der Waals surface area contributed by atoms with Gasteiger partial charge >= 0.3 is 0 Å². The fraction of sp³-hybridized carbons (Fsp3) is 0.250. The summed E-state index contributed by atoms with van der Waals surface area (Å²) in [5.74, 6) is -0.536. The number of aromatic nitrogens is 4. The zero-order chi connectivity index (χ0) is 22.4. The predicted octanol–water partition coefficient (Wildman–Crippen LogP) is 3.85. The van der Waals surface area contributed by atoms with E-state index in [0.717, 1.165) is 40.7 Å². The quantitative estimate of drug-likeness (QED) is 0.520. The topological polar surface area (TPSA) is 81.8 Å². The largest absolute Gasteiger partial charge is 0.324 e. The van der Waals surface area contributed by atoms with Gasteiger partial charge in [0.1, 0.15) is 17.9 Å². The van der Waals surface area contributed by atoms with Crippen molar-refractivity contribution < 1.29 is 9.18 Å². The summed E-state index contributed by atoms with van der Waals surface area (Å²) in [7, 11) is 0. The molecule has 8 heteroatoms. The third-order valence-electron chi connectivity index (χ3n) is 5.83. The first-order valence-corrected chi connectivity index (χ1v) is 10.5. The van der Waals surface area contributed by atoms with Gasteiger partial charge < -0.3 is 5.32 Å². The maximum atomic E-state index is 13.4. The normalized spacial score (nSPS) is 13.5. The van der Waals surface area contributed by atoms with Gasteiger partial charge in [0.15, 0.2) is 0 Å². The summed E-state index contributed by atoms with van der Waals surface area (Å²) in [4.78, 5) is 26.0. The van der Waals surface area contributed by atoms with E-state index in [2.05, 4.69) is 15.5 Å². The van der Waals surface area contributed by atoms with Gasteiger partial charge in [-0.15, -0.1) is 0 Å². The van der Waals surface area contributed by atoms with Gasteiger partial charge in [-0.1, -0.05) is 6.07 Å². The molecule has 0 aliphatic heterocycles. The number of nitrogens with zero attached hydrogens (tertiary/aromatic N) is 4. The molecule has 4 aromatic rings. The number of nitrogens with one attached hydrogen (secondary N) is 1. The van der Waals surface area contributed by atoms with Crippen molar-refractivity contribution in [1.82, 2.24) is 19.6 Å². The number of anilines is 1. The Balaban J connectivity index is 1.56. The van der Waals surface area contributed by atoms with E-state index < -0.39 is 5.91 Å². The number of hydrogen-bond acceptors (Lipinski definition) is 4. The Morgan fingerprint density at radius 1 is 1.12 bits per heavy atom. The molecule has 1 saturated carbocycles. The summed E-state index contributed by atoms with van der Waals surface area (Å²) < 4.78 is 15.9. The maximum absolute atomic E-state index is 13.4. The summed E-state index contributed by atoms with van der Waals surface area (Å²) in [5, 5.41) is 12.4. The SMILES string of the molecule is Cc1ccc(-n2ncc3c(C4CC4)nn(CC(=O)Nc4ccc(F)cc4)c(=O)c32)cc1C. The van der Waals surface area contributed by atoms with Crippen molar-refractivity contribution in [2.75, 3.05) is 5.32 Å². The van der Waals surface area contributed by atoms with Gasteiger partial charge in [0.2, 0.25) is 5.91 Å². The second-order valence-electron chi connectivity index (χ2n) is 8.26. The summed E-state index contributed by atoms with van der Waals surface area (Å²) in [5.41, 5.74) is 4.32. The molecule has 0 radical (unpaired) electrons. The van der Waals surface area contributed by atoms with E-state index >= 15 is 0 Å². The van der Waals surface area contributed by atoms with Crippen molar-refractivity contribution in [2.24, 2.45) is 0 Å². The fourth-order valence-corrected chi connectivity index (χ4v) is 3.78. The predicted molar refractivity (Wildman–Crippen MR) is 120 cm³/mol. The van der Waals surface area contributed by atoms with E-state index in [9.17, 15) is 14.0 Å². The third-order valence-corrected chi connectivity index (χ3v) is 5.83. The van der Waals surface area contributed by atoms with Crippen molar-refractivity contribution in [3.05, 3.63) is 81.7 Å². The molecule has 7 nitrogen and oxygen atoms in total. The number of hydrogen-bond donors (Lipinski definition) is 1. The molecule has 1 fully saturated rings. The zero-order valence-electron chi connectivity index (χ0n) is 17.8. The lowest BCUT2D eigenvalue weighted by molar-refractivity contribution is -0.117. The number of rotatable bonds is 5. The second-order valence-corrected chi connectivity index (χ2v) is 8.26. The van der Waals surface area contributed by atoms with Crippen LogP contribution in [0.2, 0.25) is 0 Å². The van der Waals surface area contributed by atoms with Crippen molar-refractivity contribution in [1.29, 1.82) is 0 Å². The number of amides is 1. The van der Waals surface area contributed by atoms with Crippen molar-refractivity contribution >= 4 is 22.5 Å². The lowest BCUT2D eigenvalue weighted by atomic mass is 10.1. The fourth-order valence-electron chi connectivity index (χ4n) is 3.78. The highest BCUT2D eigenvalue weighted by Crippen LogP contribution is 2.41. The number of fused-ring (bicyclic) bond motifs is 1. The molecule has 1 amide bonds. The molecule has 162 valence electrons. The van der Waals surface area contributed by atoms with Crippen molar-refractivity contribution in [3.8, 4) is 5.69 Å². The molecular weight excluding hydrogens is 409 g/mol. The zero-order valence-corrected chi connectivity index (χ0v) is 17.8. The van der Waals surface area contributed by atoms with Crippen LogP contribution in [0, 0.1) is 19.7 Å². The van der Waals surface area contributed by atoms with Crippen LogP contribution in [0.5, 0.6) is 0 Å². The molecule has 1 N–H and O–H groups in total. The molecule has 0 unspecified atom stereocenters. The first-order chi connectivity index (χ1) is 15.4. The molecule has 0 atom stereocenters. The Bertz CT molecular complexity index is 1400. The van der Waals surface area contributed by atoms with Gasteiger partial charge in [0.05, 0.1) is 17.6 Å². The molecule has 1 aliphatic rings. The Hall–Kier alpha value is -3.81. The highest BCUT2D eigenvalue weighted by molar-refractivity contribution is 5.90. The first kappa shape index (κ1) is 20.1. The molecular formula is C24H22FN5O2. The Labute approximate surface area is 183 Å². The van der Waals surface area contributed by atoms with Crippen LogP contribution >= 0.6 is 0 Å². The minimum atomic E-state index is -0.412. The molecule has 2 aromatic heterocycles. The minimum absolute atomic E-state index is 0.246. The minimum Gasteiger partial charge on any atom is -0.324 e. The Kier molecular flexibility index (Phi) is 4.84. The summed E-state index contributed by atoms with van der Waals surface area (Å²) in [6.07, 6.45) is 3.68. The van der Waals surface area contributed by atoms with Crippen molar-refractivity contribution in [3.63, 3.8) is 0 Å². The number of aryl methyl sites for hydroxylation is 2. The standard InChI is InChI=1S/C24H22FN5O2/c1-14-3-10-19(11-15(14)2)30-23-20(12-26-30)22(16-4-5-16)28-29(24(23)32)13-21(31)27-18-8-6-17(25)7-9-18/h3,6-12,16H,4-5,13H2,1-2H3,(H,27,31). The molecule has 0 saturated heterocycles. The number of carbonyl (C=O) groups is 1. The first-order valence-electron chi connectivity index (χ1n) is 10.5. The summed E-state index contributed by atoms with van der Waals surface area (Å²) in [6.45, 7) is 3.80. The van der Waals surface area contributed by atoms with Crippen LogP contribution in [0.15, 0.2) is 53.5 Å². The van der Waals surface area contributed by atoms with Gasteiger partial charge in [-0.3, -0.25) is 9.59 Å². The van der Waals surface area contributed by atoms with E-state index in [1.807, 2.05) is 32.0 Å². The van der Waals surface area contributed by atoms with Crippen molar-refractivity contribution in [2.45, 2.75) is 39.2 Å². The average molecular weight is 431 g/mol. The second kappa shape index (κ2) is 7.71. The Morgan fingerprint density at radius 3 is 2.56 bits per heavy atom. The van der Waals surface area contributed by atoms with Crippen LogP contribution in [-0.4, -0.2) is 25.5 Å². The van der Waals surface area contributed by atoms with E-state index in [1.54, 1.807) is 10.9 Å².